The standard InChI is InChI=1S/C13H18N2.C4H4O4/c1-3-14-8-7-12-11(2)10-15-9-5-4-6-13(12)15;5-3(6)1-2-4(7)8/h4-6,9-10,14H,3,7-8H2,1-2H3;1-2H,(H,5,6)(H,7,8)/b;2-1-. The molecule has 0 radical (unpaired) electrons. The Labute approximate surface area is 135 Å². The molecule has 0 atom stereocenters. The Kier molecular flexibility index (Phi) is 7.56. The Bertz CT molecular complexity index is 673. The highest BCUT2D eigenvalue weighted by Gasteiger charge is 2.05. The van der Waals surface area contributed by atoms with Crippen LogP contribution in [0.2, 0.25) is 0 Å². The molecule has 0 spiro atoms. The lowest BCUT2D eigenvalue weighted by Crippen LogP contribution is -2.16. The predicted octanol–water partition coefficient (Wildman–Crippen LogP) is 2.11. The number of aliphatic carboxylic acids is 2. The highest BCUT2D eigenvalue weighted by atomic mass is 16.4. The fourth-order valence-electron chi connectivity index (χ4n) is 2.17. The summed E-state index contributed by atoms with van der Waals surface area (Å²) in [6.07, 6.45) is 6.54. The van der Waals surface area contributed by atoms with Gasteiger partial charge in [-0.1, -0.05) is 13.0 Å². The smallest absolute Gasteiger partial charge is 0.328 e. The minimum absolute atomic E-state index is 0.558. The van der Waals surface area contributed by atoms with E-state index in [1.54, 1.807) is 0 Å². The van der Waals surface area contributed by atoms with Gasteiger partial charge in [-0.3, -0.25) is 0 Å². The number of rotatable bonds is 6. The van der Waals surface area contributed by atoms with E-state index in [1.807, 2.05) is 0 Å². The Morgan fingerprint density at radius 3 is 2.43 bits per heavy atom. The summed E-state index contributed by atoms with van der Waals surface area (Å²) in [4.78, 5) is 19.1. The first-order valence-corrected chi connectivity index (χ1v) is 7.35. The first kappa shape index (κ1) is 18.4. The van der Waals surface area contributed by atoms with Crippen LogP contribution in [0.3, 0.4) is 0 Å². The van der Waals surface area contributed by atoms with Crippen molar-refractivity contribution in [1.29, 1.82) is 0 Å². The third kappa shape index (κ3) is 6.36. The molecule has 3 N–H and O–H groups in total. The number of pyridine rings is 1. The van der Waals surface area contributed by atoms with Crippen molar-refractivity contribution >= 4 is 17.5 Å². The van der Waals surface area contributed by atoms with Gasteiger partial charge in [0.05, 0.1) is 0 Å². The van der Waals surface area contributed by atoms with Gasteiger partial charge in [-0.2, -0.15) is 0 Å². The lowest BCUT2D eigenvalue weighted by atomic mass is 10.1. The van der Waals surface area contributed by atoms with Crippen molar-refractivity contribution in [2.24, 2.45) is 0 Å². The fraction of sp³-hybridized carbons (Fsp3) is 0.294. The van der Waals surface area contributed by atoms with Gasteiger partial charge in [-0.05, 0) is 49.7 Å². The number of aromatic nitrogens is 1. The van der Waals surface area contributed by atoms with Gasteiger partial charge >= 0.3 is 11.9 Å². The van der Waals surface area contributed by atoms with E-state index in [0.29, 0.717) is 12.2 Å². The molecule has 2 aromatic heterocycles. The van der Waals surface area contributed by atoms with Gasteiger partial charge in [-0.15, -0.1) is 0 Å². The van der Waals surface area contributed by atoms with Crippen LogP contribution in [-0.4, -0.2) is 39.6 Å². The zero-order valence-electron chi connectivity index (χ0n) is 13.3. The van der Waals surface area contributed by atoms with Crippen LogP contribution in [0.25, 0.3) is 5.52 Å². The van der Waals surface area contributed by atoms with Crippen molar-refractivity contribution in [3.05, 3.63) is 53.9 Å². The maximum Gasteiger partial charge on any atom is 0.328 e. The van der Waals surface area contributed by atoms with Crippen LogP contribution in [-0.2, 0) is 16.0 Å². The van der Waals surface area contributed by atoms with Crippen LogP contribution in [0.5, 0.6) is 0 Å². The molecule has 2 rings (SSSR count). The van der Waals surface area contributed by atoms with Gasteiger partial charge in [0.1, 0.15) is 0 Å². The summed E-state index contributed by atoms with van der Waals surface area (Å²) in [5.74, 6) is -2.51. The Balaban J connectivity index is 0.000000284. The second kappa shape index (κ2) is 9.42. The SMILES string of the molecule is CCNCCc1c(C)cn2ccccc12.O=C(O)/C=C\C(=O)O. The van der Waals surface area contributed by atoms with E-state index in [-0.39, 0.29) is 0 Å². The van der Waals surface area contributed by atoms with Crippen molar-refractivity contribution in [2.45, 2.75) is 20.3 Å². The highest BCUT2D eigenvalue weighted by molar-refractivity contribution is 5.89. The lowest BCUT2D eigenvalue weighted by molar-refractivity contribution is -0.134. The van der Waals surface area contributed by atoms with Crippen molar-refractivity contribution in [3.8, 4) is 0 Å². The third-order valence-electron chi connectivity index (χ3n) is 3.18. The van der Waals surface area contributed by atoms with Gasteiger partial charge in [0.2, 0.25) is 0 Å². The summed E-state index contributed by atoms with van der Waals surface area (Å²) < 4.78 is 2.20. The van der Waals surface area contributed by atoms with E-state index in [4.69, 9.17) is 10.2 Å². The van der Waals surface area contributed by atoms with Crippen LogP contribution in [0.15, 0.2) is 42.7 Å². The normalized spacial score (nSPS) is 10.5. The summed E-state index contributed by atoms with van der Waals surface area (Å²) in [6.45, 7) is 6.44. The average molecular weight is 318 g/mol. The predicted molar refractivity (Wildman–Crippen MR) is 88.8 cm³/mol. The Morgan fingerprint density at radius 2 is 1.87 bits per heavy atom. The summed E-state index contributed by atoms with van der Waals surface area (Å²) in [5.41, 5.74) is 4.20. The molecule has 0 aromatic carbocycles. The lowest BCUT2D eigenvalue weighted by Gasteiger charge is -2.02. The molecule has 0 aliphatic rings. The van der Waals surface area contributed by atoms with E-state index >= 15 is 0 Å². The van der Waals surface area contributed by atoms with Crippen LogP contribution in [0.4, 0.5) is 0 Å². The van der Waals surface area contributed by atoms with Crippen LogP contribution in [0, 0.1) is 6.92 Å². The zero-order valence-corrected chi connectivity index (χ0v) is 13.3. The van der Waals surface area contributed by atoms with Crippen LogP contribution < -0.4 is 5.32 Å². The summed E-state index contributed by atoms with van der Waals surface area (Å²) in [5, 5.41) is 19.0. The molecule has 6 nitrogen and oxygen atoms in total. The molecule has 0 aliphatic heterocycles. The Morgan fingerprint density at radius 1 is 1.22 bits per heavy atom. The van der Waals surface area contributed by atoms with E-state index in [1.165, 1.54) is 16.6 Å². The van der Waals surface area contributed by atoms with Gasteiger partial charge in [-0.25, -0.2) is 9.59 Å². The van der Waals surface area contributed by atoms with Crippen LogP contribution >= 0.6 is 0 Å². The summed E-state index contributed by atoms with van der Waals surface area (Å²) in [6, 6.07) is 6.36. The molecule has 23 heavy (non-hydrogen) atoms. The van der Waals surface area contributed by atoms with Gasteiger partial charge in [0.25, 0.3) is 0 Å². The molecule has 0 fully saturated rings. The van der Waals surface area contributed by atoms with E-state index in [2.05, 4.69) is 54.2 Å². The molecule has 0 saturated heterocycles. The number of aryl methyl sites for hydroxylation is 1. The topological polar surface area (TPSA) is 91.0 Å². The summed E-state index contributed by atoms with van der Waals surface area (Å²) >= 11 is 0. The minimum atomic E-state index is -1.26. The van der Waals surface area contributed by atoms with E-state index in [0.717, 1.165) is 19.5 Å². The molecule has 124 valence electrons. The number of carboxylic acids is 2. The van der Waals surface area contributed by atoms with Crippen molar-refractivity contribution < 1.29 is 19.8 Å². The molecule has 6 heteroatoms. The number of hydrogen-bond acceptors (Lipinski definition) is 3. The van der Waals surface area contributed by atoms with Crippen molar-refractivity contribution in [2.75, 3.05) is 13.1 Å². The number of nitrogens with zero attached hydrogens (tertiary/aromatic N) is 1. The molecule has 0 aliphatic carbocycles. The van der Waals surface area contributed by atoms with E-state index in [9.17, 15) is 9.59 Å². The highest BCUT2D eigenvalue weighted by Crippen LogP contribution is 2.17. The monoisotopic (exact) mass is 318 g/mol. The van der Waals surface area contributed by atoms with Gasteiger partial charge in [0.15, 0.2) is 0 Å². The molecule has 2 heterocycles. The molecule has 2 aromatic rings. The average Bonchev–Trinajstić information content (AvgIpc) is 2.82. The number of hydrogen-bond donors (Lipinski definition) is 3. The number of fused-ring (bicyclic) bond motifs is 1. The number of likely N-dealkylation sites (N-methyl/N-ethyl adjacent to an activating group) is 1. The second-order valence-electron chi connectivity index (χ2n) is 4.90. The quantitative estimate of drug-likeness (QED) is 0.560. The van der Waals surface area contributed by atoms with E-state index < -0.39 is 11.9 Å². The Hall–Kier alpha value is -2.60. The maximum absolute atomic E-state index is 9.55. The van der Waals surface area contributed by atoms with Crippen LogP contribution in [0.1, 0.15) is 18.1 Å². The molecular weight excluding hydrogens is 296 g/mol. The number of carbonyl (C=O) groups is 2. The molecule has 0 unspecified atom stereocenters. The number of nitrogens with one attached hydrogen (secondary N) is 1. The first-order chi connectivity index (χ1) is 11.0. The largest absolute Gasteiger partial charge is 0.478 e. The van der Waals surface area contributed by atoms with Gasteiger partial charge < -0.3 is 19.9 Å². The molecule has 0 bridgehead atoms. The molecule has 0 amide bonds. The minimum Gasteiger partial charge on any atom is -0.478 e. The summed E-state index contributed by atoms with van der Waals surface area (Å²) in [7, 11) is 0. The van der Waals surface area contributed by atoms with Crippen molar-refractivity contribution in [3.63, 3.8) is 0 Å². The maximum atomic E-state index is 9.55. The molecular formula is C17H22N2O4. The number of carboxylic acid groups (broad SMARTS) is 2. The van der Waals surface area contributed by atoms with Crippen molar-refractivity contribution in [1.82, 2.24) is 9.72 Å². The fourth-order valence-corrected chi connectivity index (χ4v) is 2.17. The first-order valence-electron chi connectivity index (χ1n) is 7.35. The second-order valence-corrected chi connectivity index (χ2v) is 4.90. The zero-order chi connectivity index (χ0) is 17.2. The van der Waals surface area contributed by atoms with Gasteiger partial charge in [0, 0.05) is 30.1 Å². The molecule has 0 saturated carbocycles. The third-order valence-corrected chi connectivity index (χ3v) is 3.18.